The van der Waals surface area contributed by atoms with Gasteiger partial charge in [-0.25, -0.2) is 5.84 Å². The minimum Gasteiger partial charge on any atom is -0.376 e. The molecule has 0 bridgehead atoms. The molecule has 3 aromatic rings. The van der Waals surface area contributed by atoms with Gasteiger partial charge in [-0.15, -0.1) is 0 Å². The number of hydrazine groups is 1. The van der Waals surface area contributed by atoms with E-state index in [0.717, 1.165) is 54.9 Å². The van der Waals surface area contributed by atoms with Gasteiger partial charge in [-0.3, -0.25) is 19.4 Å². The summed E-state index contributed by atoms with van der Waals surface area (Å²) in [5, 5.41) is 8.30. The second-order valence-electron chi connectivity index (χ2n) is 10.1. The zero-order valence-electron chi connectivity index (χ0n) is 22.6. The van der Waals surface area contributed by atoms with Gasteiger partial charge in [0.05, 0.1) is 23.1 Å². The monoisotopic (exact) mass is 541 g/mol. The van der Waals surface area contributed by atoms with Gasteiger partial charge < -0.3 is 10.2 Å². The fraction of sp³-hybridized carbons (Fsp3) is 0.357. The van der Waals surface area contributed by atoms with Crippen molar-refractivity contribution in [1.82, 2.24) is 19.6 Å². The van der Waals surface area contributed by atoms with E-state index in [1.807, 2.05) is 39.2 Å². The van der Waals surface area contributed by atoms with Crippen LogP contribution in [0.15, 0.2) is 55.0 Å². The topological polar surface area (TPSA) is 82.7 Å². The molecule has 1 saturated heterocycles. The van der Waals surface area contributed by atoms with Gasteiger partial charge in [0.2, 0.25) is 0 Å². The van der Waals surface area contributed by atoms with Gasteiger partial charge >= 0.3 is 6.18 Å². The lowest BCUT2D eigenvalue weighted by atomic mass is 10.1. The predicted octanol–water partition coefficient (Wildman–Crippen LogP) is 4.84. The summed E-state index contributed by atoms with van der Waals surface area (Å²) < 4.78 is 42.6. The Labute approximate surface area is 226 Å². The molecule has 0 radical (unpaired) electrons. The van der Waals surface area contributed by atoms with Crippen LogP contribution in [-0.4, -0.2) is 52.7 Å². The van der Waals surface area contributed by atoms with Crippen molar-refractivity contribution in [3.8, 4) is 0 Å². The van der Waals surface area contributed by atoms with Gasteiger partial charge in [0.25, 0.3) is 5.91 Å². The summed E-state index contributed by atoms with van der Waals surface area (Å²) in [6, 6.07) is 8.73. The standard InChI is InChI=1S/C28H34F3N7O/c1-19-7-8-21(13-25(19)38(32)18-26(35(2)3)22-15-33-36(4)17-22)27(39)34-24-12-20(16-37-9-5-6-10-37)11-23(14-24)28(29,30)31/h7-8,11-15,17-18H,5-6,9-10,16,32H2,1-4H3,(H,34,39)/b26-18-. The van der Waals surface area contributed by atoms with Gasteiger partial charge in [-0.05, 0) is 74.3 Å². The summed E-state index contributed by atoms with van der Waals surface area (Å²) in [4.78, 5) is 17.2. The van der Waals surface area contributed by atoms with Crippen molar-refractivity contribution in [1.29, 1.82) is 0 Å². The number of hydrogen-bond acceptors (Lipinski definition) is 6. The number of carbonyl (C=O) groups is 1. The fourth-order valence-electron chi connectivity index (χ4n) is 4.65. The summed E-state index contributed by atoms with van der Waals surface area (Å²) in [5.74, 6) is 5.88. The number of nitrogens with one attached hydrogen (secondary N) is 1. The van der Waals surface area contributed by atoms with E-state index in [1.54, 1.807) is 41.3 Å². The number of hydrogen-bond donors (Lipinski definition) is 2. The molecule has 4 rings (SSSR count). The first-order chi connectivity index (χ1) is 18.4. The van der Waals surface area contributed by atoms with Crippen LogP contribution in [-0.2, 0) is 19.8 Å². The number of rotatable bonds is 8. The molecule has 2 aromatic carbocycles. The van der Waals surface area contributed by atoms with Crippen LogP contribution < -0.4 is 16.2 Å². The number of anilines is 2. The van der Waals surface area contributed by atoms with Crippen molar-refractivity contribution in [2.24, 2.45) is 12.9 Å². The molecule has 0 aliphatic carbocycles. The minimum atomic E-state index is -4.53. The molecule has 1 amide bonds. The molecule has 0 spiro atoms. The number of halogens is 3. The second-order valence-corrected chi connectivity index (χ2v) is 10.1. The molecule has 208 valence electrons. The van der Waals surface area contributed by atoms with Crippen molar-refractivity contribution >= 4 is 23.0 Å². The molecular weight excluding hydrogens is 507 g/mol. The Morgan fingerprint density at radius 1 is 1.13 bits per heavy atom. The van der Waals surface area contributed by atoms with E-state index in [4.69, 9.17) is 5.84 Å². The highest BCUT2D eigenvalue weighted by Crippen LogP contribution is 2.33. The van der Waals surface area contributed by atoms with E-state index in [2.05, 4.69) is 15.3 Å². The SMILES string of the molecule is Cc1ccc(C(=O)Nc2cc(CN3CCCC3)cc(C(F)(F)F)c2)cc1N(N)/C=C(/c1cnn(C)c1)N(C)C. The number of nitrogens with zero attached hydrogens (tertiary/aromatic N) is 5. The Bertz CT molecular complexity index is 1360. The van der Waals surface area contributed by atoms with Crippen LogP contribution in [0.3, 0.4) is 0 Å². The van der Waals surface area contributed by atoms with Crippen LogP contribution in [0.5, 0.6) is 0 Å². The molecular formula is C28H34F3N7O. The van der Waals surface area contributed by atoms with Gasteiger partial charge in [-0.2, -0.15) is 18.3 Å². The van der Waals surface area contributed by atoms with E-state index in [0.29, 0.717) is 17.8 Å². The van der Waals surface area contributed by atoms with Gasteiger partial charge in [0.15, 0.2) is 0 Å². The Balaban J connectivity index is 1.59. The first-order valence-corrected chi connectivity index (χ1v) is 12.7. The number of likely N-dealkylation sites (tertiary alicyclic amines) is 1. The summed E-state index contributed by atoms with van der Waals surface area (Å²) in [6.45, 7) is 3.97. The van der Waals surface area contributed by atoms with Crippen LogP contribution in [0, 0.1) is 6.92 Å². The van der Waals surface area contributed by atoms with Crippen molar-refractivity contribution in [2.75, 3.05) is 37.5 Å². The zero-order chi connectivity index (χ0) is 28.3. The number of carbonyl (C=O) groups excluding carboxylic acids is 1. The third-order valence-electron chi connectivity index (χ3n) is 6.68. The molecule has 0 unspecified atom stereocenters. The van der Waals surface area contributed by atoms with Crippen molar-refractivity contribution in [2.45, 2.75) is 32.5 Å². The maximum Gasteiger partial charge on any atom is 0.416 e. The van der Waals surface area contributed by atoms with Crippen LogP contribution in [0.2, 0.25) is 0 Å². The summed E-state index contributed by atoms with van der Waals surface area (Å²) >= 11 is 0. The lowest BCUT2D eigenvalue weighted by Crippen LogP contribution is -2.28. The summed E-state index contributed by atoms with van der Waals surface area (Å²) in [6.07, 6.45) is 2.86. The molecule has 1 aromatic heterocycles. The first-order valence-electron chi connectivity index (χ1n) is 12.7. The first kappa shape index (κ1) is 28.2. The van der Waals surface area contributed by atoms with E-state index in [-0.39, 0.29) is 11.3 Å². The minimum absolute atomic E-state index is 0.0992. The normalized spacial score (nSPS) is 14.5. The average molecular weight is 542 g/mol. The number of nitrogens with two attached hydrogens (primary N) is 1. The number of benzene rings is 2. The summed E-state index contributed by atoms with van der Waals surface area (Å²) in [5.41, 5.74) is 3.15. The maximum absolute atomic E-state index is 13.6. The zero-order valence-corrected chi connectivity index (χ0v) is 22.6. The third kappa shape index (κ3) is 6.98. The van der Waals surface area contributed by atoms with E-state index >= 15 is 0 Å². The van der Waals surface area contributed by atoms with Gasteiger partial charge in [0, 0.05) is 56.9 Å². The number of aromatic nitrogens is 2. The van der Waals surface area contributed by atoms with Crippen molar-refractivity contribution in [3.63, 3.8) is 0 Å². The molecule has 0 atom stereocenters. The van der Waals surface area contributed by atoms with Crippen LogP contribution in [0.25, 0.3) is 5.70 Å². The fourth-order valence-corrected chi connectivity index (χ4v) is 4.65. The Kier molecular flexibility index (Phi) is 8.31. The smallest absolute Gasteiger partial charge is 0.376 e. The molecule has 1 aliphatic rings. The highest BCUT2D eigenvalue weighted by molar-refractivity contribution is 6.05. The Morgan fingerprint density at radius 3 is 2.46 bits per heavy atom. The Morgan fingerprint density at radius 2 is 1.85 bits per heavy atom. The highest BCUT2D eigenvalue weighted by atomic mass is 19.4. The third-order valence-corrected chi connectivity index (χ3v) is 6.68. The number of amides is 1. The maximum atomic E-state index is 13.6. The van der Waals surface area contributed by atoms with Crippen LogP contribution in [0.4, 0.5) is 24.5 Å². The molecule has 1 aliphatic heterocycles. The van der Waals surface area contributed by atoms with E-state index in [9.17, 15) is 18.0 Å². The van der Waals surface area contributed by atoms with Crippen LogP contribution >= 0.6 is 0 Å². The number of aryl methyl sites for hydroxylation is 2. The lowest BCUT2D eigenvalue weighted by Gasteiger charge is -2.22. The average Bonchev–Trinajstić information content (AvgIpc) is 3.53. The molecule has 8 nitrogen and oxygen atoms in total. The lowest BCUT2D eigenvalue weighted by molar-refractivity contribution is -0.137. The van der Waals surface area contributed by atoms with Crippen molar-refractivity contribution < 1.29 is 18.0 Å². The quantitative estimate of drug-likeness (QED) is 0.314. The van der Waals surface area contributed by atoms with Crippen molar-refractivity contribution in [3.05, 3.63) is 82.8 Å². The summed E-state index contributed by atoms with van der Waals surface area (Å²) in [7, 11) is 5.59. The molecule has 0 saturated carbocycles. The second kappa shape index (κ2) is 11.5. The predicted molar refractivity (Wildman–Crippen MR) is 147 cm³/mol. The van der Waals surface area contributed by atoms with Gasteiger partial charge in [-0.1, -0.05) is 6.07 Å². The molecule has 3 N–H and O–H groups in total. The molecule has 11 heteroatoms. The molecule has 39 heavy (non-hydrogen) atoms. The molecule has 2 heterocycles. The number of alkyl halides is 3. The Hall–Kier alpha value is -3.83. The largest absolute Gasteiger partial charge is 0.416 e. The van der Waals surface area contributed by atoms with E-state index < -0.39 is 17.6 Å². The van der Waals surface area contributed by atoms with Gasteiger partial charge in [0.1, 0.15) is 0 Å². The van der Waals surface area contributed by atoms with E-state index in [1.165, 1.54) is 5.01 Å². The highest BCUT2D eigenvalue weighted by Gasteiger charge is 2.31. The van der Waals surface area contributed by atoms with Crippen LogP contribution in [0.1, 0.15) is 45.5 Å². The molecule has 1 fully saturated rings.